The van der Waals surface area contributed by atoms with Gasteiger partial charge in [-0.25, -0.2) is 0 Å². The van der Waals surface area contributed by atoms with Gasteiger partial charge in [0.25, 0.3) is 0 Å². The number of hydrogen-bond acceptors (Lipinski definition) is 3. The van der Waals surface area contributed by atoms with E-state index < -0.39 is 0 Å². The summed E-state index contributed by atoms with van der Waals surface area (Å²) in [4.78, 5) is 1.46. The van der Waals surface area contributed by atoms with Gasteiger partial charge in [-0.3, -0.25) is 4.68 Å². The summed E-state index contributed by atoms with van der Waals surface area (Å²) in [5.41, 5.74) is 4.05. The number of hydrogen-bond donors (Lipinski definition) is 1. The van der Waals surface area contributed by atoms with E-state index in [1.165, 1.54) is 21.7 Å². The van der Waals surface area contributed by atoms with E-state index in [0.29, 0.717) is 6.04 Å². The summed E-state index contributed by atoms with van der Waals surface area (Å²) >= 11 is 1.85. The molecule has 0 fully saturated rings. The topological polar surface area (TPSA) is 29.9 Å². The first-order valence-electron chi connectivity index (χ1n) is 5.55. The van der Waals surface area contributed by atoms with Crippen LogP contribution in [0.25, 0.3) is 0 Å². The SMILES string of the molecule is Cc1cnn(C)c1C1NCCc2ccsc21. The Bertz CT molecular complexity index is 493. The fraction of sp³-hybridized carbons (Fsp3) is 0.417. The van der Waals surface area contributed by atoms with E-state index in [9.17, 15) is 0 Å². The van der Waals surface area contributed by atoms with Crippen molar-refractivity contribution >= 4 is 11.3 Å². The van der Waals surface area contributed by atoms with Crippen molar-refractivity contribution in [2.45, 2.75) is 19.4 Å². The summed E-state index contributed by atoms with van der Waals surface area (Å²) in [6.07, 6.45) is 3.09. The average molecular weight is 233 g/mol. The van der Waals surface area contributed by atoms with Gasteiger partial charge in [-0.05, 0) is 35.9 Å². The Labute approximate surface area is 99.1 Å². The molecule has 3 heterocycles. The molecule has 3 nitrogen and oxygen atoms in total. The van der Waals surface area contributed by atoms with E-state index in [1.807, 2.05) is 29.3 Å². The number of nitrogens with zero attached hydrogens (tertiary/aromatic N) is 2. The third-order valence-electron chi connectivity index (χ3n) is 3.24. The van der Waals surface area contributed by atoms with Crippen LogP contribution in [0.5, 0.6) is 0 Å². The van der Waals surface area contributed by atoms with Crippen molar-refractivity contribution in [3.63, 3.8) is 0 Å². The molecule has 0 amide bonds. The van der Waals surface area contributed by atoms with Crippen molar-refractivity contribution in [2.24, 2.45) is 7.05 Å². The molecule has 4 heteroatoms. The first kappa shape index (κ1) is 10.1. The molecule has 0 spiro atoms. The number of nitrogens with one attached hydrogen (secondary N) is 1. The molecule has 1 atom stereocenters. The summed E-state index contributed by atoms with van der Waals surface area (Å²) in [5, 5.41) is 10.1. The number of aryl methyl sites for hydroxylation is 2. The second kappa shape index (κ2) is 3.71. The van der Waals surface area contributed by atoms with Crippen molar-refractivity contribution in [3.05, 3.63) is 39.3 Å². The molecule has 1 aliphatic rings. The predicted octanol–water partition coefficient (Wildman–Crippen LogP) is 2.03. The van der Waals surface area contributed by atoms with E-state index >= 15 is 0 Å². The van der Waals surface area contributed by atoms with E-state index in [-0.39, 0.29) is 0 Å². The number of thiophene rings is 1. The Hall–Kier alpha value is -1.13. The van der Waals surface area contributed by atoms with Crippen molar-refractivity contribution in [1.29, 1.82) is 0 Å². The highest BCUT2D eigenvalue weighted by molar-refractivity contribution is 7.10. The molecule has 0 aliphatic carbocycles. The predicted molar refractivity (Wildman–Crippen MR) is 65.8 cm³/mol. The van der Waals surface area contributed by atoms with Gasteiger partial charge in [-0.2, -0.15) is 5.10 Å². The van der Waals surface area contributed by atoms with E-state index in [2.05, 4.69) is 28.8 Å². The van der Waals surface area contributed by atoms with Gasteiger partial charge >= 0.3 is 0 Å². The Balaban J connectivity index is 2.10. The van der Waals surface area contributed by atoms with Crippen LogP contribution >= 0.6 is 11.3 Å². The van der Waals surface area contributed by atoms with Crippen LogP contribution < -0.4 is 5.32 Å². The van der Waals surface area contributed by atoms with Crippen LogP contribution in [0.4, 0.5) is 0 Å². The third-order valence-corrected chi connectivity index (χ3v) is 4.26. The van der Waals surface area contributed by atoms with E-state index in [1.54, 1.807) is 0 Å². The highest BCUT2D eigenvalue weighted by atomic mass is 32.1. The Morgan fingerprint density at radius 3 is 3.19 bits per heavy atom. The Morgan fingerprint density at radius 2 is 2.44 bits per heavy atom. The molecule has 2 aromatic heterocycles. The monoisotopic (exact) mass is 233 g/mol. The van der Waals surface area contributed by atoms with E-state index in [4.69, 9.17) is 0 Å². The molecule has 0 aromatic carbocycles. The molecule has 16 heavy (non-hydrogen) atoms. The molecule has 0 saturated carbocycles. The smallest absolute Gasteiger partial charge is 0.0847 e. The van der Waals surface area contributed by atoms with Crippen LogP contribution in [0.2, 0.25) is 0 Å². The standard InChI is InChI=1S/C12H15N3S/c1-8-7-14-15(2)11(8)10-12-9(3-5-13-10)4-6-16-12/h4,6-7,10,13H,3,5H2,1-2H3. The Kier molecular flexibility index (Phi) is 2.33. The fourth-order valence-electron chi connectivity index (χ4n) is 2.44. The van der Waals surface area contributed by atoms with Crippen LogP contribution in [0.1, 0.15) is 27.7 Å². The molecule has 2 aromatic rings. The molecule has 1 N–H and O–H groups in total. The lowest BCUT2D eigenvalue weighted by Gasteiger charge is -2.24. The van der Waals surface area contributed by atoms with Crippen LogP contribution in [0.3, 0.4) is 0 Å². The number of rotatable bonds is 1. The quantitative estimate of drug-likeness (QED) is 0.816. The second-order valence-electron chi connectivity index (χ2n) is 4.28. The Morgan fingerprint density at radius 1 is 1.56 bits per heavy atom. The van der Waals surface area contributed by atoms with Gasteiger partial charge in [-0.15, -0.1) is 11.3 Å². The lowest BCUT2D eigenvalue weighted by atomic mass is 10.00. The molecule has 0 saturated heterocycles. The molecular weight excluding hydrogens is 218 g/mol. The minimum absolute atomic E-state index is 0.330. The average Bonchev–Trinajstić information content (AvgIpc) is 2.86. The van der Waals surface area contributed by atoms with Crippen LogP contribution in [0.15, 0.2) is 17.6 Å². The molecule has 1 aliphatic heterocycles. The summed E-state index contributed by atoms with van der Waals surface area (Å²) in [6, 6.07) is 2.58. The lowest BCUT2D eigenvalue weighted by molar-refractivity contribution is 0.536. The minimum Gasteiger partial charge on any atom is -0.304 e. The summed E-state index contributed by atoms with van der Waals surface area (Å²) in [5.74, 6) is 0. The van der Waals surface area contributed by atoms with Gasteiger partial charge in [0.15, 0.2) is 0 Å². The van der Waals surface area contributed by atoms with Crippen molar-refractivity contribution in [1.82, 2.24) is 15.1 Å². The first-order valence-corrected chi connectivity index (χ1v) is 6.43. The minimum atomic E-state index is 0.330. The van der Waals surface area contributed by atoms with Gasteiger partial charge in [0, 0.05) is 18.5 Å². The van der Waals surface area contributed by atoms with Crippen molar-refractivity contribution in [3.8, 4) is 0 Å². The second-order valence-corrected chi connectivity index (χ2v) is 5.23. The molecule has 3 rings (SSSR count). The summed E-state index contributed by atoms with van der Waals surface area (Å²) in [6.45, 7) is 3.19. The maximum absolute atomic E-state index is 4.33. The van der Waals surface area contributed by atoms with Crippen LogP contribution in [0, 0.1) is 6.92 Å². The molecule has 0 bridgehead atoms. The highest BCUT2D eigenvalue weighted by Gasteiger charge is 2.26. The first-order chi connectivity index (χ1) is 7.77. The van der Waals surface area contributed by atoms with Gasteiger partial charge in [-0.1, -0.05) is 0 Å². The zero-order valence-corrected chi connectivity index (χ0v) is 10.3. The van der Waals surface area contributed by atoms with Gasteiger partial charge < -0.3 is 5.32 Å². The summed E-state index contributed by atoms with van der Waals surface area (Å²) in [7, 11) is 2.02. The number of fused-ring (bicyclic) bond motifs is 1. The van der Waals surface area contributed by atoms with Crippen molar-refractivity contribution in [2.75, 3.05) is 6.54 Å². The maximum atomic E-state index is 4.33. The molecule has 0 radical (unpaired) electrons. The lowest BCUT2D eigenvalue weighted by Crippen LogP contribution is -2.31. The largest absolute Gasteiger partial charge is 0.304 e. The molecular formula is C12H15N3S. The number of aromatic nitrogens is 2. The zero-order chi connectivity index (χ0) is 11.1. The highest BCUT2D eigenvalue weighted by Crippen LogP contribution is 2.33. The normalized spacial score (nSPS) is 19.8. The third kappa shape index (κ3) is 1.41. The molecule has 1 unspecified atom stereocenters. The van der Waals surface area contributed by atoms with Gasteiger partial charge in [0.1, 0.15) is 0 Å². The summed E-state index contributed by atoms with van der Waals surface area (Å²) < 4.78 is 1.99. The van der Waals surface area contributed by atoms with Crippen LogP contribution in [-0.4, -0.2) is 16.3 Å². The fourth-order valence-corrected chi connectivity index (χ4v) is 3.47. The molecule has 84 valence electrons. The van der Waals surface area contributed by atoms with Gasteiger partial charge in [0.05, 0.1) is 17.9 Å². The van der Waals surface area contributed by atoms with E-state index in [0.717, 1.165) is 13.0 Å². The van der Waals surface area contributed by atoms with Crippen LogP contribution in [-0.2, 0) is 13.5 Å². The van der Waals surface area contributed by atoms with Crippen molar-refractivity contribution < 1.29 is 0 Å². The van der Waals surface area contributed by atoms with Gasteiger partial charge in [0.2, 0.25) is 0 Å². The zero-order valence-electron chi connectivity index (χ0n) is 9.53. The maximum Gasteiger partial charge on any atom is 0.0847 e.